The van der Waals surface area contributed by atoms with Gasteiger partial charge in [-0.1, -0.05) is 11.6 Å². The number of phenols is 1. The van der Waals surface area contributed by atoms with E-state index >= 15 is 0 Å². The van der Waals surface area contributed by atoms with Crippen molar-refractivity contribution in [3.05, 3.63) is 58.6 Å². The zero-order chi connectivity index (χ0) is 16.1. The van der Waals surface area contributed by atoms with E-state index in [0.717, 1.165) is 0 Å². The third kappa shape index (κ3) is 3.77. The predicted molar refractivity (Wildman–Crippen MR) is 85.8 cm³/mol. The average molecular weight is 319 g/mol. The highest BCUT2D eigenvalue weighted by atomic mass is 35.5. The highest BCUT2D eigenvalue weighted by Gasteiger charge is 2.08. The molecule has 1 amide bonds. The Kier molecular flexibility index (Phi) is 5.01. The second kappa shape index (κ2) is 6.95. The third-order valence-corrected chi connectivity index (χ3v) is 3.26. The molecule has 0 saturated carbocycles. The number of aromatic hydroxyl groups is 1. The number of hydrogen-bond acceptors (Lipinski definition) is 4. The van der Waals surface area contributed by atoms with E-state index < -0.39 is 0 Å². The van der Waals surface area contributed by atoms with Gasteiger partial charge in [0.05, 0.1) is 12.8 Å². The summed E-state index contributed by atoms with van der Waals surface area (Å²) in [6, 6.07) is 11.3. The van der Waals surface area contributed by atoms with Crippen molar-refractivity contribution in [2.45, 2.75) is 6.92 Å². The van der Waals surface area contributed by atoms with E-state index in [0.29, 0.717) is 27.6 Å². The number of carbonyl (C=O) groups excluding carboxylic acids is 1. The van der Waals surface area contributed by atoms with Gasteiger partial charge in [0, 0.05) is 16.1 Å². The van der Waals surface area contributed by atoms with E-state index in [2.05, 4.69) is 10.5 Å². The van der Waals surface area contributed by atoms with Crippen LogP contribution < -0.4 is 10.2 Å². The molecule has 22 heavy (non-hydrogen) atoms. The van der Waals surface area contributed by atoms with Crippen LogP contribution in [-0.2, 0) is 0 Å². The molecule has 0 aliphatic rings. The van der Waals surface area contributed by atoms with Gasteiger partial charge in [0.15, 0.2) is 0 Å². The van der Waals surface area contributed by atoms with Crippen molar-refractivity contribution in [1.82, 2.24) is 5.43 Å². The molecule has 0 aromatic heterocycles. The van der Waals surface area contributed by atoms with Crippen molar-refractivity contribution in [1.29, 1.82) is 0 Å². The maximum Gasteiger partial charge on any atom is 0.271 e. The topological polar surface area (TPSA) is 70.9 Å². The molecular weight excluding hydrogens is 304 g/mol. The summed E-state index contributed by atoms with van der Waals surface area (Å²) in [4.78, 5) is 12.0. The SMILES string of the molecule is COc1ccc(C(=O)N/N=C(/C)c2cc(Cl)ccc2O)cc1. The number of nitrogens with one attached hydrogen (secondary N) is 1. The Morgan fingerprint density at radius 1 is 1.23 bits per heavy atom. The number of nitrogens with zero attached hydrogens (tertiary/aromatic N) is 1. The number of ether oxygens (including phenoxy) is 1. The van der Waals surface area contributed by atoms with Crippen LogP contribution in [0.15, 0.2) is 47.6 Å². The Morgan fingerprint density at radius 3 is 2.55 bits per heavy atom. The summed E-state index contributed by atoms with van der Waals surface area (Å²) in [5.74, 6) is 0.355. The lowest BCUT2D eigenvalue weighted by molar-refractivity contribution is 0.0955. The summed E-state index contributed by atoms with van der Waals surface area (Å²) in [5, 5.41) is 14.2. The lowest BCUT2D eigenvalue weighted by atomic mass is 10.1. The van der Waals surface area contributed by atoms with Crippen LogP contribution in [0.5, 0.6) is 11.5 Å². The van der Waals surface area contributed by atoms with Gasteiger partial charge in [-0.25, -0.2) is 5.43 Å². The van der Waals surface area contributed by atoms with Crippen LogP contribution in [0.3, 0.4) is 0 Å². The Morgan fingerprint density at radius 2 is 1.91 bits per heavy atom. The minimum atomic E-state index is -0.358. The molecule has 0 atom stereocenters. The van der Waals surface area contributed by atoms with Crippen molar-refractivity contribution < 1.29 is 14.6 Å². The van der Waals surface area contributed by atoms with Gasteiger partial charge in [0.2, 0.25) is 0 Å². The van der Waals surface area contributed by atoms with Crippen molar-refractivity contribution in [2.75, 3.05) is 7.11 Å². The van der Waals surface area contributed by atoms with Crippen LogP contribution in [-0.4, -0.2) is 23.8 Å². The molecule has 0 aliphatic heterocycles. The molecule has 0 aliphatic carbocycles. The maximum atomic E-state index is 12.0. The van der Waals surface area contributed by atoms with E-state index in [1.54, 1.807) is 50.4 Å². The van der Waals surface area contributed by atoms with Crippen molar-refractivity contribution >= 4 is 23.2 Å². The van der Waals surface area contributed by atoms with E-state index in [-0.39, 0.29) is 11.7 Å². The smallest absolute Gasteiger partial charge is 0.271 e. The fraction of sp³-hybridized carbons (Fsp3) is 0.125. The van der Waals surface area contributed by atoms with Crippen LogP contribution in [0.1, 0.15) is 22.8 Å². The molecule has 0 spiro atoms. The molecule has 0 saturated heterocycles. The van der Waals surface area contributed by atoms with Crippen LogP contribution in [0, 0.1) is 0 Å². The second-order valence-electron chi connectivity index (χ2n) is 4.53. The maximum absolute atomic E-state index is 12.0. The molecule has 0 heterocycles. The molecule has 2 aromatic carbocycles. The Hall–Kier alpha value is -2.53. The minimum Gasteiger partial charge on any atom is -0.507 e. The normalized spacial score (nSPS) is 11.1. The molecule has 5 nitrogen and oxygen atoms in total. The number of amides is 1. The van der Waals surface area contributed by atoms with Gasteiger partial charge < -0.3 is 9.84 Å². The van der Waals surface area contributed by atoms with Crippen molar-refractivity contribution in [2.24, 2.45) is 5.10 Å². The number of methoxy groups -OCH3 is 1. The summed E-state index contributed by atoms with van der Waals surface area (Å²) in [5.41, 5.74) is 3.79. The first-order chi connectivity index (χ1) is 10.5. The third-order valence-electron chi connectivity index (χ3n) is 3.03. The number of phenolic OH excluding ortho intramolecular Hbond substituents is 1. The first-order valence-electron chi connectivity index (χ1n) is 6.49. The quantitative estimate of drug-likeness (QED) is 0.671. The zero-order valence-electron chi connectivity index (χ0n) is 12.1. The number of benzene rings is 2. The number of hydrogen-bond donors (Lipinski definition) is 2. The Balaban J connectivity index is 2.12. The molecule has 0 unspecified atom stereocenters. The van der Waals surface area contributed by atoms with Crippen molar-refractivity contribution in [3.63, 3.8) is 0 Å². The number of carbonyl (C=O) groups is 1. The van der Waals surface area contributed by atoms with Crippen LogP contribution in [0.2, 0.25) is 5.02 Å². The average Bonchev–Trinajstić information content (AvgIpc) is 2.54. The first-order valence-corrected chi connectivity index (χ1v) is 6.86. The first kappa shape index (κ1) is 15.9. The molecule has 2 aromatic rings. The largest absolute Gasteiger partial charge is 0.507 e. The van der Waals surface area contributed by atoms with E-state index in [9.17, 15) is 9.90 Å². The van der Waals surface area contributed by atoms with Gasteiger partial charge in [-0.3, -0.25) is 4.79 Å². The van der Waals surface area contributed by atoms with Gasteiger partial charge in [-0.05, 0) is 49.4 Å². The van der Waals surface area contributed by atoms with Gasteiger partial charge >= 0.3 is 0 Å². The van der Waals surface area contributed by atoms with E-state index in [1.807, 2.05) is 0 Å². The summed E-state index contributed by atoms with van der Waals surface area (Å²) in [6.07, 6.45) is 0. The van der Waals surface area contributed by atoms with Crippen LogP contribution in [0.25, 0.3) is 0 Å². The highest BCUT2D eigenvalue weighted by molar-refractivity contribution is 6.31. The Labute approximate surface area is 133 Å². The van der Waals surface area contributed by atoms with Gasteiger partial charge in [-0.15, -0.1) is 0 Å². The number of halogens is 1. The lowest BCUT2D eigenvalue weighted by Crippen LogP contribution is -2.19. The molecule has 0 fully saturated rings. The highest BCUT2D eigenvalue weighted by Crippen LogP contribution is 2.22. The molecule has 2 rings (SSSR count). The summed E-state index contributed by atoms with van der Waals surface area (Å²) in [7, 11) is 1.56. The van der Waals surface area contributed by atoms with Gasteiger partial charge in [-0.2, -0.15) is 5.10 Å². The van der Waals surface area contributed by atoms with Gasteiger partial charge in [0.25, 0.3) is 5.91 Å². The molecule has 0 radical (unpaired) electrons. The molecule has 0 bridgehead atoms. The standard InChI is InChI=1S/C16H15ClN2O3/c1-10(14-9-12(17)5-8-15(14)20)18-19-16(21)11-3-6-13(22-2)7-4-11/h3-9,20H,1-2H3,(H,19,21)/b18-10-. The lowest BCUT2D eigenvalue weighted by Gasteiger charge is -2.06. The Bertz CT molecular complexity index is 712. The molecule has 2 N–H and O–H groups in total. The molecule has 114 valence electrons. The molecule has 6 heteroatoms. The zero-order valence-corrected chi connectivity index (χ0v) is 12.9. The van der Waals surface area contributed by atoms with E-state index in [1.165, 1.54) is 6.07 Å². The van der Waals surface area contributed by atoms with Crippen LogP contribution >= 0.6 is 11.6 Å². The second-order valence-corrected chi connectivity index (χ2v) is 4.96. The minimum absolute atomic E-state index is 0.0457. The van der Waals surface area contributed by atoms with E-state index in [4.69, 9.17) is 16.3 Å². The van der Waals surface area contributed by atoms with Crippen molar-refractivity contribution in [3.8, 4) is 11.5 Å². The predicted octanol–water partition coefficient (Wildman–Crippen LogP) is 3.21. The summed E-state index contributed by atoms with van der Waals surface area (Å²) >= 11 is 5.88. The fourth-order valence-electron chi connectivity index (χ4n) is 1.80. The molecular formula is C16H15ClN2O3. The van der Waals surface area contributed by atoms with Gasteiger partial charge in [0.1, 0.15) is 11.5 Å². The summed E-state index contributed by atoms with van der Waals surface area (Å²) in [6.45, 7) is 1.67. The number of hydrazone groups is 1. The monoisotopic (exact) mass is 318 g/mol. The fourth-order valence-corrected chi connectivity index (χ4v) is 1.97. The van der Waals surface area contributed by atoms with Crippen LogP contribution in [0.4, 0.5) is 0 Å². The summed E-state index contributed by atoms with van der Waals surface area (Å²) < 4.78 is 5.03. The number of rotatable bonds is 4.